The Kier molecular flexibility index (Phi) is 4.01. The fourth-order valence-corrected chi connectivity index (χ4v) is 2.94. The standard InChI is InChI=1S/C15H20FN3S/c16-14-4-1-11(15(17)20)9-12(14)10-18-5-7-19(8-6-18)13-2-3-13/h1,4,9,13H,2-3,5-8,10H2,(H2,17,20). The Balaban J connectivity index is 1.62. The van der Waals surface area contributed by atoms with Crippen molar-refractivity contribution in [3.8, 4) is 0 Å². The fraction of sp³-hybridized carbons (Fsp3) is 0.533. The van der Waals surface area contributed by atoms with Crippen LogP contribution in [0.25, 0.3) is 0 Å². The average Bonchev–Trinajstić information content (AvgIpc) is 3.26. The Morgan fingerprint density at radius 3 is 2.55 bits per heavy atom. The van der Waals surface area contributed by atoms with Gasteiger partial charge in [-0.15, -0.1) is 0 Å². The molecule has 3 rings (SSSR count). The lowest BCUT2D eigenvalue weighted by molar-refractivity contribution is 0.120. The Hall–Kier alpha value is -1.04. The highest BCUT2D eigenvalue weighted by atomic mass is 32.1. The van der Waals surface area contributed by atoms with Gasteiger partial charge in [-0.3, -0.25) is 9.80 Å². The van der Waals surface area contributed by atoms with Gasteiger partial charge in [0.05, 0.1) is 0 Å². The molecular formula is C15H20FN3S. The van der Waals surface area contributed by atoms with Gasteiger partial charge in [-0.05, 0) is 31.0 Å². The minimum absolute atomic E-state index is 0.172. The van der Waals surface area contributed by atoms with E-state index in [1.807, 2.05) is 0 Å². The molecule has 0 spiro atoms. The lowest BCUT2D eigenvalue weighted by Crippen LogP contribution is -2.46. The molecule has 0 unspecified atom stereocenters. The van der Waals surface area contributed by atoms with Crippen LogP contribution >= 0.6 is 12.2 Å². The van der Waals surface area contributed by atoms with Crippen LogP contribution < -0.4 is 5.73 Å². The molecule has 1 saturated carbocycles. The number of halogens is 1. The molecule has 0 atom stereocenters. The third-order valence-corrected chi connectivity index (χ3v) is 4.43. The zero-order valence-electron chi connectivity index (χ0n) is 11.5. The molecule has 3 nitrogen and oxygen atoms in total. The second kappa shape index (κ2) is 5.76. The number of benzene rings is 1. The van der Waals surface area contributed by atoms with Crippen molar-refractivity contribution in [1.29, 1.82) is 0 Å². The van der Waals surface area contributed by atoms with Gasteiger partial charge in [-0.1, -0.05) is 12.2 Å². The van der Waals surface area contributed by atoms with Crippen LogP contribution in [0.1, 0.15) is 24.0 Å². The number of piperazine rings is 1. The van der Waals surface area contributed by atoms with Crippen LogP contribution in [0.4, 0.5) is 4.39 Å². The maximum Gasteiger partial charge on any atom is 0.127 e. The van der Waals surface area contributed by atoms with Crippen LogP contribution in [-0.4, -0.2) is 47.0 Å². The van der Waals surface area contributed by atoms with Crippen molar-refractivity contribution in [2.24, 2.45) is 5.73 Å². The summed E-state index contributed by atoms with van der Waals surface area (Å²) in [4.78, 5) is 5.18. The molecule has 0 aromatic heterocycles. The Morgan fingerprint density at radius 2 is 1.95 bits per heavy atom. The molecule has 1 saturated heterocycles. The number of hydrogen-bond donors (Lipinski definition) is 1. The molecule has 1 aliphatic carbocycles. The second-order valence-corrected chi connectivity index (χ2v) is 6.15. The first kappa shape index (κ1) is 13.9. The van der Waals surface area contributed by atoms with Gasteiger partial charge in [-0.25, -0.2) is 4.39 Å². The van der Waals surface area contributed by atoms with E-state index in [-0.39, 0.29) is 5.82 Å². The smallest absolute Gasteiger partial charge is 0.127 e. The molecule has 2 N–H and O–H groups in total. The van der Waals surface area contributed by atoms with Crippen LogP contribution in [0.3, 0.4) is 0 Å². The number of nitrogens with zero attached hydrogens (tertiary/aromatic N) is 2. The lowest BCUT2D eigenvalue weighted by Gasteiger charge is -2.34. The number of thiocarbonyl (C=S) groups is 1. The van der Waals surface area contributed by atoms with E-state index in [0.29, 0.717) is 17.1 Å². The van der Waals surface area contributed by atoms with Gasteiger partial charge in [0.15, 0.2) is 0 Å². The number of hydrogen-bond acceptors (Lipinski definition) is 3. The maximum atomic E-state index is 13.9. The maximum absolute atomic E-state index is 13.9. The predicted molar refractivity (Wildman–Crippen MR) is 82.2 cm³/mol. The van der Waals surface area contributed by atoms with Crippen LogP contribution in [-0.2, 0) is 6.54 Å². The summed E-state index contributed by atoms with van der Waals surface area (Å²) >= 11 is 4.96. The summed E-state index contributed by atoms with van der Waals surface area (Å²) in [5, 5.41) is 0. The van der Waals surface area contributed by atoms with Crippen molar-refractivity contribution in [1.82, 2.24) is 9.80 Å². The van der Waals surface area contributed by atoms with Crippen molar-refractivity contribution < 1.29 is 4.39 Å². The first-order chi connectivity index (χ1) is 9.63. The molecule has 1 aromatic carbocycles. The van der Waals surface area contributed by atoms with E-state index < -0.39 is 0 Å². The minimum atomic E-state index is -0.172. The molecule has 1 aromatic rings. The monoisotopic (exact) mass is 293 g/mol. The van der Waals surface area contributed by atoms with E-state index in [1.165, 1.54) is 18.9 Å². The van der Waals surface area contributed by atoms with Gasteiger partial charge in [0, 0.05) is 49.9 Å². The summed E-state index contributed by atoms with van der Waals surface area (Å²) in [6.45, 7) is 4.85. The van der Waals surface area contributed by atoms with Gasteiger partial charge >= 0.3 is 0 Å². The number of nitrogens with two attached hydrogens (primary N) is 1. The Bertz CT molecular complexity index is 508. The highest BCUT2D eigenvalue weighted by Gasteiger charge is 2.31. The van der Waals surface area contributed by atoms with Gasteiger partial charge in [0.1, 0.15) is 10.8 Å². The molecule has 108 valence electrons. The van der Waals surface area contributed by atoms with Crippen molar-refractivity contribution in [3.63, 3.8) is 0 Å². The molecule has 0 amide bonds. The summed E-state index contributed by atoms with van der Waals surface area (Å²) in [6.07, 6.45) is 2.70. The van der Waals surface area contributed by atoms with Gasteiger partial charge in [0.25, 0.3) is 0 Å². The lowest BCUT2D eigenvalue weighted by atomic mass is 10.1. The molecule has 0 bridgehead atoms. The van der Waals surface area contributed by atoms with Crippen LogP contribution in [0.15, 0.2) is 18.2 Å². The fourth-order valence-electron chi connectivity index (χ4n) is 2.82. The molecule has 20 heavy (non-hydrogen) atoms. The zero-order valence-corrected chi connectivity index (χ0v) is 12.3. The van der Waals surface area contributed by atoms with E-state index in [1.54, 1.807) is 12.1 Å². The number of rotatable bonds is 4. The van der Waals surface area contributed by atoms with Crippen LogP contribution in [0, 0.1) is 5.82 Å². The predicted octanol–water partition coefficient (Wildman–Crippen LogP) is 1.74. The van der Waals surface area contributed by atoms with Crippen molar-refractivity contribution in [3.05, 3.63) is 35.1 Å². The van der Waals surface area contributed by atoms with E-state index in [9.17, 15) is 4.39 Å². The zero-order chi connectivity index (χ0) is 14.1. The van der Waals surface area contributed by atoms with Crippen molar-refractivity contribution >= 4 is 17.2 Å². The molecule has 0 radical (unpaired) electrons. The molecule has 1 heterocycles. The van der Waals surface area contributed by atoms with Gasteiger partial charge in [-0.2, -0.15) is 0 Å². The van der Waals surface area contributed by atoms with E-state index in [0.717, 1.165) is 37.8 Å². The van der Waals surface area contributed by atoms with E-state index in [2.05, 4.69) is 9.80 Å². The summed E-state index contributed by atoms with van der Waals surface area (Å²) in [6, 6.07) is 5.72. The Labute approximate surface area is 124 Å². The first-order valence-corrected chi connectivity index (χ1v) is 7.59. The third kappa shape index (κ3) is 3.16. The van der Waals surface area contributed by atoms with E-state index in [4.69, 9.17) is 18.0 Å². The normalized spacial score (nSPS) is 21.1. The SMILES string of the molecule is NC(=S)c1ccc(F)c(CN2CCN(C3CC3)CC2)c1. The molecule has 1 aliphatic heterocycles. The topological polar surface area (TPSA) is 32.5 Å². The average molecular weight is 293 g/mol. The Morgan fingerprint density at radius 1 is 1.25 bits per heavy atom. The van der Waals surface area contributed by atoms with E-state index >= 15 is 0 Å². The van der Waals surface area contributed by atoms with Gasteiger partial charge in [0.2, 0.25) is 0 Å². The quantitative estimate of drug-likeness (QED) is 0.857. The highest BCUT2D eigenvalue weighted by Crippen LogP contribution is 2.27. The highest BCUT2D eigenvalue weighted by molar-refractivity contribution is 7.80. The van der Waals surface area contributed by atoms with Gasteiger partial charge < -0.3 is 5.73 Å². The molecular weight excluding hydrogens is 273 g/mol. The molecule has 2 aliphatic rings. The van der Waals surface area contributed by atoms with Crippen molar-refractivity contribution in [2.75, 3.05) is 26.2 Å². The summed E-state index contributed by atoms with van der Waals surface area (Å²) in [5.41, 5.74) is 7.05. The largest absolute Gasteiger partial charge is 0.389 e. The summed E-state index contributed by atoms with van der Waals surface area (Å²) < 4.78 is 13.9. The molecule has 2 fully saturated rings. The van der Waals surface area contributed by atoms with Crippen molar-refractivity contribution in [2.45, 2.75) is 25.4 Å². The van der Waals surface area contributed by atoms with Crippen LogP contribution in [0.5, 0.6) is 0 Å². The summed E-state index contributed by atoms with van der Waals surface area (Å²) in [7, 11) is 0. The minimum Gasteiger partial charge on any atom is -0.389 e. The third-order valence-electron chi connectivity index (χ3n) is 4.19. The summed E-state index contributed by atoms with van der Waals surface area (Å²) in [5.74, 6) is -0.172. The first-order valence-electron chi connectivity index (χ1n) is 7.18. The second-order valence-electron chi connectivity index (χ2n) is 5.71. The molecule has 5 heteroatoms. The van der Waals surface area contributed by atoms with Crippen LogP contribution in [0.2, 0.25) is 0 Å².